The molecule has 0 aromatic rings. The molecule has 1 unspecified atom stereocenters. The molecule has 0 aromatic carbocycles. The van der Waals surface area contributed by atoms with Crippen LogP contribution in [0.2, 0.25) is 14.8 Å². The summed E-state index contributed by atoms with van der Waals surface area (Å²) in [5, 5.41) is 13.8. The molecular weight excluding hydrogens is 317 g/mol. The summed E-state index contributed by atoms with van der Waals surface area (Å²) >= 11 is -2.37. The number of aliphatic hydroxyl groups excluding tert-OH is 1. The molecule has 0 spiro atoms. The van der Waals surface area contributed by atoms with Crippen molar-refractivity contribution in [1.82, 2.24) is 5.32 Å². The molecule has 98 valence electrons. The summed E-state index contributed by atoms with van der Waals surface area (Å²) in [6.07, 6.45) is 7.47. The van der Waals surface area contributed by atoms with Crippen molar-refractivity contribution in [1.29, 1.82) is 0 Å². The van der Waals surface area contributed by atoms with Crippen molar-refractivity contribution in [3.8, 4) is 0 Å². The number of aliphatic hydroxyl groups is 1. The average Bonchev–Trinajstić information content (AvgIpc) is 2.63. The molecule has 17 heavy (non-hydrogen) atoms. The van der Waals surface area contributed by atoms with Gasteiger partial charge in [-0.3, -0.25) is 0 Å². The van der Waals surface area contributed by atoms with Crippen molar-refractivity contribution >= 4 is 18.4 Å². The fourth-order valence-electron chi connectivity index (χ4n) is 2.53. The van der Waals surface area contributed by atoms with E-state index in [2.05, 4.69) is 59.1 Å². The molecule has 1 atom stereocenters. The molecule has 2 nitrogen and oxygen atoms in total. The van der Waals surface area contributed by atoms with Crippen molar-refractivity contribution in [3.63, 3.8) is 0 Å². The second-order valence-electron chi connectivity index (χ2n) is 7.01. The van der Waals surface area contributed by atoms with Gasteiger partial charge in [-0.15, -0.1) is 0 Å². The van der Waals surface area contributed by atoms with E-state index in [0.717, 1.165) is 6.42 Å². The molecule has 1 aliphatic rings. The first-order valence-electron chi connectivity index (χ1n) is 6.39. The molecule has 0 fully saturated rings. The zero-order valence-electron chi connectivity index (χ0n) is 12.1. The molecule has 0 bridgehead atoms. The number of hydrogen-bond acceptors (Lipinski definition) is 2. The van der Waals surface area contributed by atoms with E-state index in [0.29, 0.717) is 0 Å². The molecule has 1 aliphatic carbocycles. The van der Waals surface area contributed by atoms with E-state index in [9.17, 15) is 5.11 Å². The Kier molecular flexibility index (Phi) is 4.54. The van der Waals surface area contributed by atoms with E-state index in [-0.39, 0.29) is 15.7 Å². The second kappa shape index (κ2) is 5.06. The summed E-state index contributed by atoms with van der Waals surface area (Å²) in [6, 6.07) is 0. The second-order valence-corrected chi connectivity index (χ2v) is 22.3. The molecule has 0 amide bonds. The van der Waals surface area contributed by atoms with Crippen molar-refractivity contribution in [2.75, 3.05) is 6.61 Å². The Morgan fingerprint density at radius 3 is 2.18 bits per heavy atom. The van der Waals surface area contributed by atoms with Gasteiger partial charge in [-0.25, -0.2) is 0 Å². The van der Waals surface area contributed by atoms with Crippen LogP contribution in [0.4, 0.5) is 0 Å². The zero-order valence-corrected chi connectivity index (χ0v) is 14.9. The van der Waals surface area contributed by atoms with Gasteiger partial charge in [-0.2, -0.15) is 0 Å². The number of allylic oxidation sites excluding steroid dienone is 3. The van der Waals surface area contributed by atoms with Gasteiger partial charge in [0.1, 0.15) is 0 Å². The standard InChI is InChI=1S/C11H18NO.3CH3.Sn/c1-11(2,3)12-10(8-13)9-6-4-5-7-9;;;;/h4-6,12-13H,7-8H2,1-3H3;3*1H3;. The Labute approximate surface area is 110 Å². The topological polar surface area (TPSA) is 32.3 Å². The fraction of sp³-hybridized carbons (Fsp3) is 0.714. The number of hydrogen-bond donors (Lipinski definition) is 2. The van der Waals surface area contributed by atoms with E-state index >= 15 is 0 Å². The SMILES string of the molecule is CC(C)(C)N[C](CO)(C1=CC=CC1)[Sn]([CH3])([CH3])[CH3]. The monoisotopic (exact) mass is 345 g/mol. The van der Waals surface area contributed by atoms with Gasteiger partial charge in [0, 0.05) is 0 Å². The molecule has 3 heteroatoms. The summed E-state index contributed by atoms with van der Waals surface area (Å²) in [5.74, 6) is 0. The van der Waals surface area contributed by atoms with Crippen LogP contribution in [0.3, 0.4) is 0 Å². The van der Waals surface area contributed by atoms with E-state index in [1.165, 1.54) is 5.57 Å². The van der Waals surface area contributed by atoms with Gasteiger partial charge in [-0.1, -0.05) is 0 Å². The molecule has 0 heterocycles. The van der Waals surface area contributed by atoms with Crippen LogP contribution < -0.4 is 5.32 Å². The van der Waals surface area contributed by atoms with E-state index in [4.69, 9.17) is 0 Å². The van der Waals surface area contributed by atoms with Gasteiger partial charge in [0.05, 0.1) is 0 Å². The average molecular weight is 344 g/mol. The Balaban J connectivity index is 3.15. The summed E-state index contributed by atoms with van der Waals surface area (Å²) in [5.41, 5.74) is 1.40. The number of rotatable bonds is 4. The van der Waals surface area contributed by atoms with Gasteiger partial charge in [0.25, 0.3) is 0 Å². The Bertz CT molecular complexity index is 333. The van der Waals surface area contributed by atoms with Crippen LogP contribution in [0, 0.1) is 0 Å². The predicted octanol–water partition coefficient (Wildman–Crippen LogP) is 2.87. The Morgan fingerprint density at radius 2 is 1.88 bits per heavy atom. The third kappa shape index (κ3) is 3.36. The van der Waals surface area contributed by atoms with Crippen LogP contribution in [0.5, 0.6) is 0 Å². The minimum absolute atomic E-state index is 0.0242. The van der Waals surface area contributed by atoms with Crippen LogP contribution in [0.1, 0.15) is 27.2 Å². The summed E-state index contributed by atoms with van der Waals surface area (Å²) < 4.78 is -0.142. The van der Waals surface area contributed by atoms with Gasteiger partial charge in [-0.05, 0) is 0 Å². The minimum atomic E-state index is -2.37. The summed E-state index contributed by atoms with van der Waals surface area (Å²) in [4.78, 5) is 7.18. The van der Waals surface area contributed by atoms with Crippen molar-refractivity contribution in [2.45, 2.75) is 51.1 Å². The van der Waals surface area contributed by atoms with Crippen molar-refractivity contribution in [3.05, 3.63) is 23.8 Å². The predicted molar refractivity (Wildman–Crippen MR) is 77.9 cm³/mol. The number of nitrogens with one attached hydrogen (secondary N) is 1. The maximum absolute atomic E-state index is 10.1. The van der Waals surface area contributed by atoms with E-state index in [1.54, 1.807) is 0 Å². The first kappa shape index (κ1) is 15.3. The molecular formula is C14H27NOSn. The first-order valence-corrected chi connectivity index (χ1v) is 16.4. The third-order valence-electron chi connectivity index (χ3n) is 3.43. The van der Waals surface area contributed by atoms with E-state index < -0.39 is 18.4 Å². The Morgan fingerprint density at radius 1 is 1.29 bits per heavy atom. The summed E-state index contributed by atoms with van der Waals surface area (Å²) in [6.45, 7) is 6.76. The fourth-order valence-corrected chi connectivity index (χ4v) is 9.30. The van der Waals surface area contributed by atoms with Gasteiger partial charge >= 0.3 is 110 Å². The third-order valence-corrected chi connectivity index (χ3v) is 12.5. The summed E-state index contributed by atoms with van der Waals surface area (Å²) in [7, 11) is 0. The van der Waals surface area contributed by atoms with Crippen LogP contribution in [-0.2, 0) is 0 Å². The van der Waals surface area contributed by atoms with Gasteiger partial charge in [0.2, 0.25) is 0 Å². The van der Waals surface area contributed by atoms with Crippen LogP contribution in [-0.4, -0.2) is 39.2 Å². The molecule has 0 saturated heterocycles. The Hall–Kier alpha value is 0.199. The normalized spacial score (nSPS) is 20.3. The quantitative estimate of drug-likeness (QED) is 0.769. The molecule has 0 aliphatic heterocycles. The van der Waals surface area contributed by atoms with Crippen molar-refractivity contribution < 1.29 is 5.11 Å². The van der Waals surface area contributed by atoms with Gasteiger partial charge < -0.3 is 0 Å². The molecule has 1 rings (SSSR count). The molecule has 0 saturated carbocycles. The molecule has 0 aromatic heterocycles. The van der Waals surface area contributed by atoms with Crippen LogP contribution in [0.25, 0.3) is 0 Å². The first-order chi connectivity index (χ1) is 7.62. The van der Waals surface area contributed by atoms with Crippen LogP contribution >= 0.6 is 0 Å². The maximum atomic E-state index is 10.1. The molecule has 0 radical (unpaired) electrons. The van der Waals surface area contributed by atoms with E-state index in [1.807, 2.05) is 0 Å². The van der Waals surface area contributed by atoms with Crippen molar-refractivity contribution in [2.24, 2.45) is 0 Å². The zero-order chi connectivity index (χ0) is 13.3. The molecule has 2 N–H and O–H groups in total. The van der Waals surface area contributed by atoms with Gasteiger partial charge in [0.15, 0.2) is 0 Å². The van der Waals surface area contributed by atoms with Crippen LogP contribution in [0.15, 0.2) is 23.8 Å².